The van der Waals surface area contributed by atoms with Gasteiger partial charge in [0.2, 0.25) is 5.91 Å². The lowest BCUT2D eigenvalue weighted by molar-refractivity contribution is -0.240. The van der Waals surface area contributed by atoms with Gasteiger partial charge in [-0.3, -0.25) is 4.79 Å². The molecule has 0 aromatic rings. The monoisotopic (exact) mass is 376 g/mol. The number of aliphatic carboxylic acids is 1. The number of carbonyl (C=O) groups excluding carboxylic acids is 1. The van der Waals surface area contributed by atoms with Gasteiger partial charge in [-0.25, -0.2) is 4.79 Å². The topological polar surface area (TPSA) is 205 Å². The van der Waals surface area contributed by atoms with Crippen molar-refractivity contribution in [2.24, 2.45) is 11.0 Å². The molecule has 12 nitrogen and oxygen atoms in total. The first-order valence-electron chi connectivity index (χ1n) is 7.97. The first-order valence-corrected chi connectivity index (χ1v) is 7.97. The van der Waals surface area contributed by atoms with Gasteiger partial charge in [-0.05, 0) is 11.4 Å². The van der Waals surface area contributed by atoms with E-state index >= 15 is 0 Å². The number of azide groups is 1. The molecule has 1 saturated heterocycles. The lowest BCUT2D eigenvalue weighted by atomic mass is 9.78. The summed E-state index contributed by atoms with van der Waals surface area (Å²) in [7, 11) is 0. The molecule has 0 spiro atoms. The van der Waals surface area contributed by atoms with E-state index in [1.807, 2.05) is 0 Å². The highest BCUT2D eigenvalue weighted by Gasteiger charge is 2.55. The fourth-order valence-corrected chi connectivity index (χ4v) is 2.89. The van der Waals surface area contributed by atoms with E-state index in [0.29, 0.717) is 0 Å². The Labute approximate surface area is 149 Å². The van der Waals surface area contributed by atoms with Crippen molar-refractivity contribution in [3.8, 4) is 0 Å². The van der Waals surface area contributed by atoms with E-state index in [1.54, 1.807) is 13.8 Å². The number of nitrogens with one attached hydrogen (secondary N) is 1. The van der Waals surface area contributed by atoms with E-state index in [2.05, 4.69) is 15.3 Å². The lowest BCUT2D eigenvalue weighted by Gasteiger charge is -2.48. The highest BCUT2D eigenvalue weighted by atomic mass is 16.6. The van der Waals surface area contributed by atoms with Crippen LogP contribution in [0.2, 0.25) is 0 Å². The SMILES string of the molecule is CC(C)[C@]1(C(=O)O)CC(O)[C@@H](NC(=O)CN=[N+]=[N-])C([C@H](O)[C@H](O)CO)O1. The van der Waals surface area contributed by atoms with Gasteiger partial charge in [0, 0.05) is 11.3 Å². The molecule has 0 aliphatic carbocycles. The molecule has 1 rings (SSSR count). The van der Waals surface area contributed by atoms with Gasteiger partial charge < -0.3 is 35.6 Å². The van der Waals surface area contributed by atoms with E-state index in [0.717, 1.165) is 0 Å². The van der Waals surface area contributed by atoms with Crippen molar-refractivity contribution < 1.29 is 39.9 Å². The molecule has 6 atom stereocenters. The van der Waals surface area contributed by atoms with Gasteiger partial charge in [0.15, 0.2) is 5.60 Å². The van der Waals surface area contributed by atoms with Gasteiger partial charge in [0.25, 0.3) is 0 Å². The summed E-state index contributed by atoms with van der Waals surface area (Å²) in [6.45, 7) is 1.66. The molecule has 26 heavy (non-hydrogen) atoms. The van der Waals surface area contributed by atoms with Crippen LogP contribution in [0.4, 0.5) is 0 Å². The number of ether oxygens (including phenoxy) is 1. The number of amides is 1. The van der Waals surface area contributed by atoms with Crippen LogP contribution >= 0.6 is 0 Å². The minimum Gasteiger partial charge on any atom is -0.479 e. The molecule has 1 aliphatic rings. The maximum Gasteiger partial charge on any atom is 0.336 e. The van der Waals surface area contributed by atoms with Crippen LogP contribution in [0, 0.1) is 5.92 Å². The molecular weight excluding hydrogens is 352 g/mol. The Kier molecular flexibility index (Phi) is 7.75. The van der Waals surface area contributed by atoms with Crippen molar-refractivity contribution in [1.82, 2.24) is 5.32 Å². The second-order valence-electron chi connectivity index (χ2n) is 6.43. The van der Waals surface area contributed by atoms with Crippen LogP contribution in [-0.2, 0) is 14.3 Å². The van der Waals surface area contributed by atoms with E-state index < -0.39 is 67.0 Å². The third kappa shape index (κ3) is 4.61. The number of rotatable bonds is 8. The van der Waals surface area contributed by atoms with E-state index in [9.17, 15) is 30.0 Å². The Morgan fingerprint density at radius 2 is 2.04 bits per heavy atom. The quantitative estimate of drug-likeness (QED) is 0.160. The fraction of sp³-hybridized carbons (Fsp3) is 0.857. The molecule has 12 heteroatoms. The number of hydrogen-bond donors (Lipinski definition) is 6. The second-order valence-corrected chi connectivity index (χ2v) is 6.43. The van der Waals surface area contributed by atoms with Crippen LogP contribution in [0.15, 0.2) is 5.11 Å². The van der Waals surface area contributed by atoms with Crippen molar-refractivity contribution in [2.75, 3.05) is 13.2 Å². The summed E-state index contributed by atoms with van der Waals surface area (Å²) >= 11 is 0. The molecule has 148 valence electrons. The molecule has 1 fully saturated rings. The van der Waals surface area contributed by atoms with E-state index in [1.165, 1.54) is 0 Å². The molecule has 0 aromatic carbocycles. The van der Waals surface area contributed by atoms with Crippen molar-refractivity contribution in [3.05, 3.63) is 10.4 Å². The number of carboxylic acid groups (broad SMARTS) is 1. The van der Waals surface area contributed by atoms with Crippen molar-refractivity contribution >= 4 is 11.9 Å². The lowest BCUT2D eigenvalue weighted by Crippen LogP contribution is -2.68. The van der Waals surface area contributed by atoms with Gasteiger partial charge in [-0.2, -0.15) is 0 Å². The molecule has 6 N–H and O–H groups in total. The third-order valence-corrected chi connectivity index (χ3v) is 4.44. The fourth-order valence-electron chi connectivity index (χ4n) is 2.89. The zero-order valence-electron chi connectivity index (χ0n) is 14.4. The molecule has 0 aromatic heterocycles. The predicted molar refractivity (Wildman–Crippen MR) is 85.7 cm³/mol. The summed E-state index contributed by atoms with van der Waals surface area (Å²) in [6.07, 6.45) is -6.85. The molecule has 0 saturated carbocycles. The molecule has 2 unspecified atom stereocenters. The number of hydrogen-bond acceptors (Lipinski definition) is 8. The van der Waals surface area contributed by atoms with Crippen molar-refractivity contribution in [3.63, 3.8) is 0 Å². The van der Waals surface area contributed by atoms with Crippen LogP contribution < -0.4 is 5.32 Å². The van der Waals surface area contributed by atoms with Crippen molar-refractivity contribution in [2.45, 2.75) is 56.3 Å². The maximum absolute atomic E-state index is 11.8. The molecule has 1 heterocycles. The largest absolute Gasteiger partial charge is 0.479 e. The number of carboxylic acids is 1. The van der Waals surface area contributed by atoms with Crippen LogP contribution in [0.3, 0.4) is 0 Å². The van der Waals surface area contributed by atoms with Gasteiger partial charge in [-0.1, -0.05) is 19.0 Å². The molecule has 0 radical (unpaired) electrons. The Morgan fingerprint density at radius 3 is 2.50 bits per heavy atom. The molecular formula is C14H24N4O8. The predicted octanol–water partition coefficient (Wildman–Crippen LogP) is -1.88. The molecule has 1 aliphatic heterocycles. The van der Waals surface area contributed by atoms with Gasteiger partial charge in [0.05, 0.1) is 18.8 Å². The Morgan fingerprint density at radius 1 is 1.42 bits per heavy atom. The zero-order valence-corrected chi connectivity index (χ0v) is 14.4. The highest BCUT2D eigenvalue weighted by molar-refractivity contribution is 5.79. The van der Waals surface area contributed by atoms with Gasteiger partial charge in [0.1, 0.15) is 24.9 Å². The standard InChI is InChI=1S/C14H24N4O8/c1-6(2)14(13(24)25)3-7(20)10(17-9(22)4-16-18-15)12(26-14)11(23)8(21)5-19/h6-8,10-12,19-21,23H,3-5H2,1-2H3,(H,17,22)(H,24,25)/t7?,8-,10-,11-,12?,14+/m1/s1. The van der Waals surface area contributed by atoms with Gasteiger partial charge >= 0.3 is 5.97 Å². The number of nitrogens with zero attached hydrogens (tertiary/aromatic N) is 3. The number of carbonyl (C=O) groups is 2. The average molecular weight is 376 g/mol. The third-order valence-electron chi connectivity index (χ3n) is 4.44. The summed E-state index contributed by atoms with van der Waals surface area (Å²) in [5.41, 5.74) is 6.38. The average Bonchev–Trinajstić information content (AvgIpc) is 2.59. The summed E-state index contributed by atoms with van der Waals surface area (Å²) < 4.78 is 5.57. The Bertz CT molecular complexity index is 567. The molecule has 0 bridgehead atoms. The normalized spacial score (nSPS) is 31.0. The zero-order chi connectivity index (χ0) is 20.1. The number of aliphatic hydroxyl groups is 4. The van der Waals surface area contributed by atoms with E-state index in [-0.39, 0.29) is 6.42 Å². The summed E-state index contributed by atoms with van der Waals surface area (Å²) in [4.78, 5) is 26.0. The molecule has 1 amide bonds. The summed E-state index contributed by atoms with van der Waals surface area (Å²) in [5, 5.41) is 54.4. The summed E-state index contributed by atoms with van der Waals surface area (Å²) in [6, 6.07) is -1.29. The van der Waals surface area contributed by atoms with Crippen LogP contribution in [0.25, 0.3) is 10.4 Å². The summed E-state index contributed by atoms with van der Waals surface area (Å²) in [5.74, 6) is -2.78. The van der Waals surface area contributed by atoms with Crippen LogP contribution in [-0.4, -0.2) is 86.6 Å². The van der Waals surface area contributed by atoms with Crippen LogP contribution in [0.1, 0.15) is 20.3 Å². The number of aliphatic hydroxyl groups excluding tert-OH is 4. The Balaban J connectivity index is 3.21. The van der Waals surface area contributed by atoms with Crippen molar-refractivity contribution in [1.29, 1.82) is 0 Å². The maximum atomic E-state index is 11.8. The van der Waals surface area contributed by atoms with Gasteiger partial charge in [-0.15, -0.1) is 0 Å². The smallest absolute Gasteiger partial charge is 0.336 e. The first kappa shape index (κ1) is 22.1. The van der Waals surface area contributed by atoms with E-state index in [4.69, 9.17) is 15.4 Å². The first-order chi connectivity index (χ1) is 12.1. The minimum atomic E-state index is -1.87. The second kappa shape index (κ2) is 9.12. The van der Waals surface area contributed by atoms with Crippen LogP contribution in [0.5, 0.6) is 0 Å². The minimum absolute atomic E-state index is 0.384. The highest BCUT2D eigenvalue weighted by Crippen LogP contribution is 2.37. The Hall–Kier alpha value is -1.95.